The summed E-state index contributed by atoms with van der Waals surface area (Å²) >= 11 is 1.26. The Morgan fingerprint density at radius 2 is 1.70 bits per heavy atom. The number of thiophene rings is 1. The number of pyridine rings is 1. The normalized spacial score (nSPS) is 16.5. The second-order valence-electron chi connectivity index (χ2n) is 11.1. The molecule has 2 aromatic heterocycles. The summed E-state index contributed by atoms with van der Waals surface area (Å²) in [5.74, 6) is 0.341. The number of anilines is 2. The highest BCUT2D eigenvalue weighted by molar-refractivity contribution is 7.21. The smallest absolute Gasteiger partial charge is 0.260 e. The van der Waals surface area contributed by atoms with Crippen molar-refractivity contribution >= 4 is 44.9 Å². The van der Waals surface area contributed by atoms with Gasteiger partial charge in [0.15, 0.2) is 0 Å². The Bertz CT molecular complexity index is 1380. The van der Waals surface area contributed by atoms with Gasteiger partial charge in [-0.3, -0.25) is 9.59 Å². The average Bonchev–Trinajstić information content (AvgIpc) is 3.33. The zero-order valence-electron chi connectivity index (χ0n) is 23.5. The van der Waals surface area contributed by atoms with Crippen molar-refractivity contribution in [2.24, 2.45) is 5.73 Å². The van der Waals surface area contributed by atoms with Gasteiger partial charge in [-0.2, -0.15) is 0 Å². The van der Waals surface area contributed by atoms with Crippen LogP contribution in [0.3, 0.4) is 0 Å². The fraction of sp³-hybridized carbons (Fsp3) is 0.545. The molecule has 0 spiro atoms. The Morgan fingerprint density at radius 3 is 2.30 bits per heavy atom. The van der Waals surface area contributed by atoms with Crippen LogP contribution in [0.2, 0.25) is 0 Å². The van der Waals surface area contributed by atoms with Crippen molar-refractivity contribution in [3.05, 3.63) is 51.9 Å². The maximum absolute atomic E-state index is 12.7. The van der Waals surface area contributed by atoms with Crippen LogP contribution >= 0.6 is 11.3 Å². The molecule has 4 heterocycles. The number of nitrogen functional groups attached to an aromatic ring is 1. The highest BCUT2D eigenvalue weighted by Gasteiger charge is 2.25. The van der Waals surface area contributed by atoms with Gasteiger partial charge in [-0.05, 0) is 61.4 Å². The molecule has 2 aliphatic heterocycles. The molecule has 0 radical (unpaired) electrons. The molecule has 1 atom stereocenters. The van der Waals surface area contributed by atoms with Crippen molar-refractivity contribution in [2.45, 2.75) is 86.0 Å². The van der Waals surface area contributed by atoms with E-state index in [1.54, 1.807) is 17.0 Å². The summed E-state index contributed by atoms with van der Waals surface area (Å²) in [5.41, 5.74) is 14.7. The zero-order valence-corrected chi connectivity index (χ0v) is 24.3. The highest BCUT2D eigenvalue weighted by atomic mass is 32.1. The highest BCUT2D eigenvalue weighted by Crippen LogP contribution is 2.37. The molecule has 2 aliphatic rings. The van der Waals surface area contributed by atoms with Crippen molar-refractivity contribution in [1.82, 2.24) is 15.2 Å². The van der Waals surface area contributed by atoms with Gasteiger partial charge in [0.05, 0.1) is 17.9 Å². The molecule has 2 saturated heterocycles. The molecular weight excluding hydrogens is 576 g/mol. The molecule has 10 nitrogen and oxygen atoms in total. The van der Waals surface area contributed by atoms with Gasteiger partial charge in [0, 0.05) is 49.7 Å². The summed E-state index contributed by atoms with van der Waals surface area (Å²) in [5, 5.41) is 24.8. The Morgan fingerprint density at radius 1 is 1.07 bits per heavy atom. The van der Waals surface area contributed by atoms with E-state index in [0.717, 1.165) is 65.9 Å². The lowest BCUT2D eigenvalue weighted by molar-refractivity contribution is 0.0546. The third-order valence-electron chi connectivity index (χ3n) is 8.22. The molecule has 244 valence electrons. The number of carbonyl (C=O) groups excluding carboxylic acids is 2. The van der Waals surface area contributed by atoms with E-state index in [1.807, 2.05) is 12.1 Å². The van der Waals surface area contributed by atoms with Gasteiger partial charge in [-0.1, -0.05) is 47.8 Å². The van der Waals surface area contributed by atoms with Crippen LogP contribution in [0, 0.1) is 0 Å². The van der Waals surface area contributed by atoms with Crippen molar-refractivity contribution in [3.8, 4) is 0 Å². The van der Waals surface area contributed by atoms with E-state index in [0.29, 0.717) is 48.6 Å². The number of benzene rings is 1. The van der Waals surface area contributed by atoms with Crippen LogP contribution < -0.4 is 21.7 Å². The number of aryl methyl sites for hydroxylation is 1. The number of aromatic nitrogens is 1. The van der Waals surface area contributed by atoms with Gasteiger partial charge in [-0.25, -0.2) is 4.98 Å². The molecular formula is C33H52N6O4S. The molecule has 3 aromatic rings. The van der Waals surface area contributed by atoms with E-state index < -0.39 is 12.0 Å². The summed E-state index contributed by atoms with van der Waals surface area (Å²) in [6, 6.07) is 9.55. The van der Waals surface area contributed by atoms with Gasteiger partial charge in [0.2, 0.25) is 0 Å². The first-order valence-electron chi connectivity index (χ1n) is 14.5. The lowest BCUT2D eigenvalue weighted by atomic mass is 10.0. The first kappa shape index (κ1) is 36.9. The number of rotatable bonds is 9. The molecule has 7 N–H and O–H groups in total. The van der Waals surface area contributed by atoms with Gasteiger partial charge in [0.25, 0.3) is 11.8 Å². The number of nitrogens with one attached hydrogen (secondary N) is 1. The number of hydrogen-bond acceptors (Lipinski definition) is 9. The Hall–Kier alpha value is -3.25. The second kappa shape index (κ2) is 16.2. The van der Waals surface area contributed by atoms with Crippen LogP contribution in [-0.2, 0) is 6.42 Å². The van der Waals surface area contributed by atoms with Crippen molar-refractivity contribution < 1.29 is 19.8 Å². The van der Waals surface area contributed by atoms with E-state index in [-0.39, 0.29) is 40.3 Å². The minimum Gasteiger partial charge on any atom is -0.397 e. The topological polar surface area (TPSA) is 158 Å². The number of fused-ring (bicyclic) bond motifs is 1. The summed E-state index contributed by atoms with van der Waals surface area (Å²) in [4.78, 5) is 34.6. The minimum atomic E-state index is -0.674. The standard InChI is InChI=1S/C30H40N6O4S.3CH4/c1-2-3-20-16-24(34-29-25(20)26(31)27(41-29)28(32)39)35-12-8-21(9-13-35)33-17-23(38)18-4-6-19(7-5-18)30(40)36-14-10-22(37)11-15-36;;;/h4-7,16,21-23,33,37-38H,2-3,8-15,17,31H2,1H3,(H2,32,39);3*1H4. The average molecular weight is 629 g/mol. The van der Waals surface area contributed by atoms with E-state index >= 15 is 0 Å². The van der Waals surface area contributed by atoms with Gasteiger partial charge >= 0.3 is 0 Å². The number of likely N-dealkylation sites (tertiary alicyclic amines) is 1. The lowest BCUT2D eigenvalue weighted by Crippen LogP contribution is -2.44. The Balaban J connectivity index is 0.00000225. The minimum absolute atomic E-state index is 0. The molecule has 0 saturated carbocycles. The van der Waals surface area contributed by atoms with Crippen LogP contribution in [0.5, 0.6) is 0 Å². The van der Waals surface area contributed by atoms with Crippen molar-refractivity contribution in [1.29, 1.82) is 0 Å². The first-order chi connectivity index (χ1) is 19.7. The monoisotopic (exact) mass is 628 g/mol. The Labute approximate surface area is 266 Å². The summed E-state index contributed by atoms with van der Waals surface area (Å²) in [7, 11) is 0. The number of amides is 2. The number of nitrogens with two attached hydrogens (primary N) is 2. The van der Waals surface area contributed by atoms with Crippen LogP contribution in [0.25, 0.3) is 10.2 Å². The second-order valence-corrected chi connectivity index (χ2v) is 12.1. The van der Waals surface area contributed by atoms with Gasteiger partial charge in [0.1, 0.15) is 15.5 Å². The van der Waals surface area contributed by atoms with Crippen LogP contribution in [-0.4, -0.2) is 76.8 Å². The van der Waals surface area contributed by atoms with Crippen LogP contribution in [0.4, 0.5) is 11.5 Å². The van der Waals surface area contributed by atoms with Gasteiger partial charge < -0.3 is 36.8 Å². The maximum Gasteiger partial charge on any atom is 0.260 e. The molecule has 2 fully saturated rings. The summed E-state index contributed by atoms with van der Waals surface area (Å²) < 4.78 is 0. The number of piperidine rings is 2. The van der Waals surface area contributed by atoms with E-state index in [9.17, 15) is 19.8 Å². The number of aliphatic hydroxyl groups excluding tert-OH is 2. The molecule has 0 aliphatic carbocycles. The fourth-order valence-corrected chi connectivity index (χ4v) is 6.79. The summed E-state index contributed by atoms with van der Waals surface area (Å²) in [6.07, 6.45) is 3.85. The van der Waals surface area contributed by atoms with E-state index in [2.05, 4.69) is 23.2 Å². The molecule has 2 amide bonds. The molecule has 1 aromatic carbocycles. The van der Waals surface area contributed by atoms with Crippen LogP contribution in [0.1, 0.15) is 98.6 Å². The molecule has 11 heteroatoms. The molecule has 44 heavy (non-hydrogen) atoms. The molecule has 1 unspecified atom stereocenters. The van der Waals surface area contributed by atoms with Gasteiger partial charge in [-0.15, -0.1) is 11.3 Å². The fourth-order valence-electron chi connectivity index (χ4n) is 5.80. The largest absolute Gasteiger partial charge is 0.397 e. The SMILES string of the molecule is C.C.C.CCCc1cc(N2CCC(NCC(O)c3ccc(C(=O)N4CCC(O)CC4)cc3)CC2)nc2sc(C(N)=O)c(N)c12. The Kier molecular flexibility index (Phi) is 13.6. The quantitative estimate of drug-likeness (QED) is 0.228. The number of carbonyl (C=O) groups is 2. The predicted molar refractivity (Wildman–Crippen MR) is 183 cm³/mol. The van der Waals surface area contributed by atoms with Crippen molar-refractivity contribution in [3.63, 3.8) is 0 Å². The molecule has 5 rings (SSSR count). The number of nitrogens with zero attached hydrogens (tertiary/aromatic N) is 3. The maximum atomic E-state index is 12.7. The third-order valence-corrected chi connectivity index (χ3v) is 9.34. The first-order valence-corrected chi connectivity index (χ1v) is 15.3. The lowest BCUT2D eigenvalue weighted by Gasteiger charge is -2.34. The zero-order chi connectivity index (χ0) is 29.1. The molecule has 0 bridgehead atoms. The number of aliphatic hydroxyl groups is 2. The number of hydrogen-bond donors (Lipinski definition) is 5. The predicted octanol–water partition coefficient (Wildman–Crippen LogP) is 4.73. The number of primary amides is 1. The summed E-state index contributed by atoms with van der Waals surface area (Å²) in [6.45, 7) is 5.33. The van der Waals surface area contributed by atoms with Crippen LogP contribution in [0.15, 0.2) is 30.3 Å². The third kappa shape index (κ3) is 8.06. The van der Waals surface area contributed by atoms with E-state index in [4.69, 9.17) is 16.5 Å². The van der Waals surface area contributed by atoms with Crippen molar-refractivity contribution in [2.75, 3.05) is 43.4 Å². The van der Waals surface area contributed by atoms with E-state index in [1.165, 1.54) is 11.3 Å².